The van der Waals surface area contributed by atoms with E-state index in [2.05, 4.69) is 42.7 Å². The molecule has 4 aromatic rings. The molecule has 0 atom stereocenters. The van der Waals surface area contributed by atoms with Crippen LogP contribution in [0.5, 0.6) is 11.5 Å². The Morgan fingerprint density at radius 2 is 1.57 bits per heavy atom. The van der Waals surface area contributed by atoms with E-state index in [4.69, 9.17) is 19.4 Å². The monoisotopic (exact) mass is 377 g/mol. The van der Waals surface area contributed by atoms with Gasteiger partial charge in [0.1, 0.15) is 5.52 Å². The first-order valence-electron chi connectivity index (χ1n) is 10.1. The smallest absolute Gasteiger partial charge is 0.163 e. The minimum Gasteiger partial charge on any atom is -0.490 e. The molecule has 0 saturated heterocycles. The molecule has 0 aliphatic heterocycles. The van der Waals surface area contributed by atoms with Gasteiger partial charge in [0.15, 0.2) is 17.1 Å². The lowest BCUT2D eigenvalue weighted by molar-refractivity contribution is 0.288. The number of aromatic nitrogens is 3. The highest BCUT2D eigenvalue weighted by Crippen LogP contribution is 2.34. The van der Waals surface area contributed by atoms with Crippen molar-refractivity contribution in [1.29, 1.82) is 0 Å². The van der Waals surface area contributed by atoms with Crippen molar-refractivity contribution in [1.82, 2.24) is 14.5 Å². The molecule has 0 amide bonds. The van der Waals surface area contributed by atoms with Gasteiger partial charge in [-0.15, -0.1) is 0 Å². The molecular formula is C23H27N3O2. The van der Waals surface area contributed by atoms with Crippen molar-refractivity contribution < 1.29 is 9.47 Å². The van der Waals surface area contributed by atoms with E-state index in [1.165, 1.54) is 5.52 Å². The molecule has 0 aliphatic carbocycles. The van der Waals surface area contributed by atoms with Gasteiger partial charge in [-0.05, 0) is 32.3 Å². The molecule has 0 unspecified atom stereocenters. The zero-order valence-electron chi connectivity index (χ0n) is 17.0. The molecule has 0 saturated carbocycles. The molecule has 2 aromatic carbocycles. The number of ether oxygens (including phenoxy) is 2. The molecule has 5 heteroatoms. The van der Waals surface area contributed by atoms with Gasteiger partial charge in [0.05, 0.1) is 29.8 Å². The lowest BCUT2D eigenvalue weighted by Gasteiger charge is -2.12. The number of hydrogen-bond donors (Lipinski definition) is 0. The standard InChI is InChI=1S/C23H27N3O2/c1-5-27-20-13-17-18(14-21(20)28-6-2)25-23-22(24-17)16-9-7-8-10-19(16)26(23)12-11-15(3)4/h7-10,13-15H,5-6,11-12H2,1-4H3. The molecule has 0 radical (unpaired) electrons. The summed E-state index contributed by atoms with van der Waals surface area (Å²) in [6.07, 6.45) is 1.10. The number of benzene rings is 2. The predicted octanol–water partition coefficient (Wildman–Crippen LogP) is 5.58. The van der Waals surface area contributed by atoms with Crippen molar-refractivity contribution in [3.63, 3.8) is 0 Å². The number of para-hydroxylation sites is 1. The van der Waals surface area contributed by atoms with Crippen LogP contribution in [0.3, 0.4) is 0 Å². The lowest BCUT2D eigenvalue weighted by atomic mass is 10.1. The largest absolute Gasteiger partial charge is 0.490 e. The Labute approximate surface area is 165 Å². The number of nitrogens with zero attached hydrogens (tertiary/aromatic N) is 3. The first kappa shape index (κ1) is 18.5. The molecule has 2 heterocycles. The van der Waals surface area contributed by atoms with Gasteiger partial charge in [-0.3, -0.25) is 0 Å². The molecule has 0 bridgehead atoms. The van der Waals surface area contributed by atoms with Crippen molar-refractivity contribution >= 4 is 33.1 Å². The molecule has 5 nitrogen and oxygen atoms in total. The van der Waals surface area contributed by atoms with Crippen LogP contribution in [0.15, 0.2) is 36.4 Å². The first-order valence-corrected chi connectivity index (χ1v) is 10.1. The summed E-state index contributed by atoms with van der Waals surface area (Å²) in [5, 5.41) is 1.14. The van der Waals surface area contributed by atoms with E-state index in [9.17, 15) is 0 Å². The van der Waals surface area contributed by atoms with Gasteiger partial charge >= 0.3 is 0 Å². The topological polar surface area (TPSA) is 49.2 Å². The molecule has 146 valence electrons. The summed E-state index contributed by atoms with van der Waals surface area (Å²) in [7, 11) is 0. The summed E-state index contributed by atoms with van der Waals surface area (Å²) >= 11 is 0. The van der Waals surface area contributed by atoms with E-state index in [0.717, 1.165) is 46.3 Å². The summed E-state index contributed by atoms with van der Waals surface area (Å²) in [6, 6.07) is 12.3. The minimum atomic E-state index is 0.579. The van der Waals surface area contributed by atoms with Gasteiger partial charge in [-0.25, -0.2) is 9.97 Å². The Hall–Kier alpha value is -2.82. The van der Waals surface area contributed by atoms with Crippen molar-refractivity contribution in [3.8, 4) is 11.5 Å². The lowest BCUT2D eigenvalue weighted by Crippen LogP contribution is -2.03. The fourth-order valence-electron chi connectivity index (χ4n) is 3.60. The summed E-state index contributed by atoms with van der Waals surface area (Å²) in [4.78, 5) is 9.98. The molecule has 4 rings (SSSR count). The fourth-order valence-corrected chi connectivity index (χ4v) is 3.60. The highest BCUT2D eigenvalue weighted by Gasteiger charge is 2.16. The molecule has 28 heavy (non-hydrogen) atoms. The Kier molecular flexibility index (Phi) is 5.07. The molecule has 0 N–H and O–H groups in total. The van der Waals surface area contributed by atoms with Gasteiger partial charge in [-0.2, -0.15) is 0 Å². The Balaban J connectivity index is 1.98. The van der Waals surface area contributed by atoms with Gasteiger partial charge in [-0.1, -0.05) is 32.0 Å². The molecule has 0 spiro atoms. The summed E-state index contributed by atoms with van der Waals surface area (Å²) in [6.45, 7) is 10.5. The molecule has 0 aliphatic rings. The SMILES string of the molecule is CCOc1cc2nc3c4ccccc4n(CCC(C)C)c3nc2cc1OCC. The van der Waals surface area contributed by atoms with Crippen LogP contribution < -0.4 is 9.47 Å². The third kappa shape index (κ3) is 3.26. The second-order valence-electron chi connectivity index (χ2n) is 7.40. The molecular weight excluding hydrogens is 350 g/mol. The van der Waals surface area contributed by atoms with E-state index in [1.54, 1.807) is 0 Å². The van der Waals surface area contributed by atoms with Gasteiger partial charge < -0.3 is 14.0 Å². The highest BCUT2D eigenvalue weighted by molar-refractivity contribution is 6.06. The van der Waals surface area contributed by atoms with E-state index in [1.807, 2.05) is 26.0 Å². The average molecular weight is 377 g/mol. The van der Waals surface area contributed by atoms with Crippen molar-refractivity contribution in [3.05, 3.63) is 36.4 Å². The van der Waals surface area contributed by atoms with Crippen LogP contribution in [0.2, 0.25) is 0 Å². The summed E-state index contributed by atoms with van der Waals surface area (Å²) in [5.74, 6) is 2.06. The number of hydrogen-bond acceptors (Lipinski definition) is 4. The van der Waals surface area contributed by atoms with Crippen LogP contribution in [0.1, 0.15) is 34.1 Å². The van der Waals surface area contributed by atoms with Crippen molar-refractivity contribution in [2.24, 2.45) is 5.92 Å². The third-order valence-corrected chi connectivity index (χ3v) is 4.95. The normalized spacial score (nSPS) is 11.8. The Morgan fingerprint density at radius 3 is 2.21 bits per heavy atom. The van der Waals surface area contributed by atoms with E-state index >= 15 is 0 Å². The van der Waals surface area contributed by atoms with Gasteiger partial charge in [0, 0.05) is 24.1 Å². The van der Waals surface area contributed by atoms with Crippen molar-refractivity contribution in [2.45, 2.75) is 40.7 Å². The molecule has 2 aromatic heterocycles. The zero-order valence-corrected chi connectivity index (χ0v) is 17.0. The van der Waals surface area contributed by atoms with Crippen LogP contribution in [-0.4, -0.2) is 27.7 Å². The fraction of sp³-hybridized carbons (Fsp3) is 0.391. The average Bonchev–Trinajstić information content (AvgIpc) is 2.98. The maximum absolute atomic E-state index is 5.78. The second-order valence-corrected chi connectivity index (χ2v) is 7.40. The Morgan fingerprint density at radius 1 is 0.929 bits per heavy atom. The van der Waals surface area contributed by atoms with Crippen LogP contribution in [0.4, 0.5) is 0 Å². The number of fused-ring (bicyclic) bond motifs is 4. The zero-order chi connectivity index (χ0) is 19.7. The van der Waals surface area contributed by atoms with E-state index in [-0.39, 0.29) is 0 Å². The number of rotatable bonds is 7. The predicted molar refractivity (Wildman–Crippen MR) is 114 cm³/mol. The first-order chi connectivity index (χ1) is 13.6. The van der Waals surface area contributed by atoms with Crippen LogP contribution in [0, 0.1) is 5.92 Å². The summed E-state index contributed by atoms with van der Waals surface area (Å²) < 4.78 is 13.8. The van der Waals surface area contributed by atoms with E-state index < -0.39 is 0 Å². The van der Waals surface area contributed by atoms with Crippen LogP contribution in [0.25, 0.3) is 33.1 Å². The quantitative estimate of drug-likeness (QED) is 0.422. The highest BCUT2D eigenvalue weighted by atomic mass is 16.5. The van der Waals surface area contributed by atoms with Crippen molar-refractivity contribution in [2.75, 3.05) is 13.2 Å². The maximum atomic E-state index is 5.78. The third-order valence-electron chi connectivity index (χ3n) is 4.95. The maximum Gasteiger partial charge on any atom is 0.163 e. The number of aryl methyl sites for hydroxylation is 1. The van der Waals surface area contributed by atoms with Crippen LogP contribution >= 0.6 is 0 Å². The molecule has 0 fully saturated rings. The summed E-state index contributed by atoms with van der Waals surface area (Å²) in [5.41, 5.74) is 4.71. The van der Waals surface area contributed by atoms with E-state index in [0.29, 0.717) is 24.9 Å². The Bertz CT molecular complexity index is 1130. The van der Waals surface area contributed by atoms with Gasteiger partial charge in [0.2, 0.25) is 0 Å². The minimum absolute atomic E-state index is 0.579. The van der Waals surface area contributed by atoms with Gasteiger partial charge in [0.25, 0.3) is 0 Å². The van der Waals surface area contributed by atoms with Crippen LogP contribution in [-0.2, 0) is 6.54 Å². The second kappa shape index (κ2) is 7.66.